The van der Waals surface area contributed by atoms with E-state index in [0.29, 0.717) is 6.04 Å². The van der Waals surface area contributed by atoms with Crippen LogP contribution in [-0.4, -0.2) is 11.0 Å². The van der Waals surface area contributed by atoms with E-state index in [2.05, 4.69) is 12.2 Å². The number of rotatable bonds is 4. The van der Waals surface area contributed by atoms with E-state index in [4.69, 9.17) is 4.98 Å². The minimum Gasteiger partial charge on any atom is -0.301 e. The summed E-state index contributed by atoms with van der Waals surface area (Å²) in [4.78, 5) is 5.95. The van der Waals surface area contributed by atoms with Crippen LogP contribution >= 0.6 is 11.3 Å². The first-order valence-corrected chi connectivity index (χ1v) is 7.82. The predicted molar refractivity (Wildman–Crippen MR) is 80.7 cm³/mol. The molecule has 1 fully saturated rings. The highest BCUT2D eigenvalue weighted by molar-refractivity contribution is 7.11. The van der Waals surface area contributed by atoms with Gasteiger partial charge >= 0.3 is 0 Å². The predicted octanol–water partition coefficient (Wildman–Crippen LogP) is 4.05. The molecule has 2 aromatic rings. The van der Waals surface area contributed by atoms with Gasteiger partial charge in [0.15, 0.2) is 0 Å². The largest absolute Gasteiger partial charge is 0.301 e. The van der Waals surface area contributed by atoms with Crippen LogP contribution in [0.15, 0.2) is 18.2 Å². The molecule has 0 saturated heterocycles. The molecule has 1 unspecified atom stereocenters. The average molecular weight is 290 g/mol. The minimum absolute atomic E-state index is 0.0838. The number of aryl methyl sites for hydroxylation is 3. The lowest BCUT2D eigenvalue weighted by Gasteiger charge is -2.19. The summed E-state index contributed by atoms with van der Waals surface area (Å²) in [6.07, 6.45) is 2.44. The van der Waals surface area contributed by atoms with E-state index in [1.165, 1.54) is 23.8 Å². The lowest BCUT2D eigenvalue weighted by molar-refractivity contribution is 0.588. The summed E-state index contributed by atoms with van der Waals surface area (Å²) >= 11 is 1.73. The number of thiazole rings is 1. The maximum absolute atomic E-state index is 13.3. The van der Waals surface area contributed by atoms with Gasteiger partial charge in [0.1, 0.15) is 10.8 Å². The number of hydrogen-bond donors (Lipinski definition) is 1. The Bertz CT molecular complexity index is 612. The first kappa shape index (κ1) is 13.7. The van der Waals surface area contributed by atoms with Crippen LogP contribution in [0.25, 0.3) is 0 Å². The standard InChI is InChI=1S/C16H19FN2S/c1-9-8-12(17)4-7-14(9)15(19-13-5-6-13)16-18-10(2)11(3)20-16/h4,7-8,13,15,19H,5-6H2,1-3H3. The number of aromatic nitrogens is 1. The van der Waals surface area contributed by atoms with Gasteiger partial charge in [-0.05, 0) is 56.9 Å². The second-order valence-corrected chi connectivity index (χ2v) is 6.80. The van der Waals surface area contributed by atoms with Crippen LogP contribution in [0.4, 0.5) is 4.39 Å². The van der Waals surface area contributed by atoms with Crippen LogP contribution in [0.5, 0.6) is 0 Å². The Kier molecular flexibility index (Phi) is 3.61. The topological polar surface area (TPSA) is 24.9 Å². The SMILES string of the molecule is Cc1cc(F)ccc1C(NC1CC1)c1nc(C)c(C)s1. The fourth-order valence-electron chi connectivity index (χ4n) is 2.36. The molecule has 0 bridgehead atoms. The molecule has 0 aliphatic heterocycles. The quantitative estimate of drug-likeness (QED) is 0.919. The molecule has 0 radical (unpaired) electrons. The van der Waals surface area contributed by atoms with E-state index in [-0.39, 0.29) is 11.9 Å². The van der Waals surface area contributed by atoms with Gasteiger partial charge in [0.2, 0.25) is 0 Å². The molecular formula is C16H19FN2S. The van der Waals surface area contributed by atoms with E-state index < -0.39 is 0 Å². The van der Waals surface area contributed by atoms with Crippen LogP contribution in [-0.2, 0) is 0 Å². The number of halogens is 1. The van der Waals surface area contributed by atoms with Crippen molar-refractivity contribution >= 4 is 11.3 Å². The second-order valence-electron chi connectivity index (χ2n) is 5.57. The van der Waals surface area contributed by atoms with E-state index >= 15 is 0 Å². The van der Waals surface area contributed by atoms with Crippen molar-refractivity contribution in [1.29, 1.82) is 0 Å². The molecule has 1 aliphatic rings. The molecule has 1 atom stereocenters. The Hall–Kier alpha value is -1.26. The third kappa shape index (κ3) is 2.76. The van der Waals surface area contributed by atoms with E-state index in [1.807, 2.05) is 19.9 Å². The summed E-state index contributed by atoms with van der Waals surface area (Å²) in [5.41, 5.74) is 3.20. The minimum atomic E-state index is -0.178. The highest BCUT2D eigenvalue weighted by atomic mass is 32.1. The Morgan fingerprint density at radius 2 is 2.05 bits per heavy atom. The van der Waals surface area contributed by atoms with E-state index in [1.54, 1.807) is 17.4 Å². The lowest BCUT2D eigenvalue weighted by atomic mass is 10.0. The van der Waals surface area contributed by atoms with Crippen molar-refractivity contribution in [2.75, 3.05) is 0 Å². The summed E-state index contributed by atoms with van der Waals surface area (Å²) < 4.78 is 13.3. The molecular weight excluding hydrogens is 271 g/mol. The molecule has 1 N–H and O–H groups in total. The van der Waals surface area contributed by atoms with Gasteiger partial charge in [-0.3, -0.25) is 0 Å². The molecule has 2 nitrogen and oxygen atoms in total. The van der Waals surface area contributed by atoms with Crippen molar-refractivity contribution in [3.05, 3.63) is 50.7 Å². The summed E-state index contributed by atoms with van der Waals surface area (Å²) in [5, 5.41) is 4.73. The van der Waals surface area contributed by atoms with Gasteiger partial charge in [-0.2, -0.15) is 0 Å². The number of benzene rings is 1. The molecule has 1 aliphatic carbocycles. The maximum atomic E-state index is 13.3. The van der Waals surface area contributed by atoms with Gasteiger partial charge in [-0.1, -0.05) is 6.07 Å². The van der Waals surface area contributed by atoms with Gasteiger partial charge in [-0.15, -0.1) is 11.3 Å². The van der Waals surface area contributed by atoms with Gasteiger partial charge < -0.3 is 5.32 Å². The van der Waals surface area contributed by atoms with Crippen LogP contribution in [0, 0.1) is 26.6 Å². The molecule has 20 heavy (non-hydrogen) atoms. The normalized spacial score (nSPS) is 16.4. The summed E-state index contributed by atoms with van der Waals surface area (Å²) in [6.45, 7) is 6.11. The number of nitrogens with one attached hydrogen (secondary N) is 1. The van der Waals surface area contributed by atoms with Crippen molar-refractivity contribution in [3.8, 4) is 0 Å². The van der Waals surface area contributed by atoms with Crippen molar-refractivity contribution in [1.82, 2.24) is 10.3 Å². The van der Waals surface area contributed by atoms with E-state index in [0.717, 1.165) is 21.8 Å². The van der Waals surface area contributed by atoms with Gasteiger partial charge in [-0.25, -0.2) is 9.37 Å². The Morgan fingerprint density at radius 1 is 1.30 bits per heavy atom. The van der Waals surface area contributed by atoms with Gasteiger partial charge in [0, 0.05) is 10.9 Å². The van der Waals surface area contributed by atoms with Crippen molar-refractivity contribution in [3.63, 3.8) is 0 Å². The Labute approximate surface area is 123 Å². The first-order valence-electron chi connectivity index (χ1n) is 7.00. The number of hydrogen-bond acceptors (Lipinski definition) is 3. The van der Waals surface area contributed by atoms with Gasteiger partial charge in [0.25, 0.3) is 0 Å². The maximum Gasteiger partial charge on any atom is 0.123 e. The fraction of sp³-hybridized carbons (Fsp3) is 0.438. The Balaban J connectivity index is 2.00. The molecule has 0 spiro atoms. The molecule has 1 heterocycles. The summed E-state index contributed by atoms with van der Waals surface area (Å²) in [6, 6.07) is 5.69. The Morgan fingerprint density at radius 3 is 2.60 bits per heavy atom. The van der Waals surface area contributed by atoms with Gasteiger partial charge in [0.05, 0.1) is 11.7 Å². The third-order valence-electron chi connectivity index (χ3n) is 3.81. The summed E-state index contributed by atoms with van der Waals surface area (Å²) in [7, 11) is 0. The van der Waals surface area contributed by atoms with Crippen LogP contribution in [0.2, 0.25) is 0 Å². The average Bonchev–Trinajstić information content (AvgIpc) is 3.14. The molecule has 1 saturated carbocycles. The van der Waals surface area contributed by atoms with Crippen molar-refractivity contribution < 1.29 is 4.39 Å². The van der Waals surface area contributed by atoms with E-state index in [9.17, 15) is 4.39 Å². The highest BCUT2D eigenvalue weighted by Gasteiger charge is 2.29. The molecule has 106 valence electrons. The zero-order valence-corrected chi connectivity index (χ0v) is 12.9. The third-order valence-corrected chi connectivity index (χ3v) is 4.95. The second kappa shape index (κ2) is 5.26. The molecule has 4 heteroatoms. The van der Waals surface area contributed by atoms with Crippen molar-refractivity contribution in [2.45, 2.75) is 45.7 Å². The molecule has 1 aromatic heterocycles. The zero-order chi connectivity index (χ0) is 14.3. The summed E-state index contributed by atoms with van der Waals surface area (Å²) in [5.74, 6) is -0.178. The molecule has 1 aromatic carbocycles. The smallest absolute Gasteiger partial charge is 0.123 e. The number of nitrogens with zero attached hydrogens (tertiary/aromatic N) is 1. The van der Waals surface area contributed by atoms with Crippen molar-refractivity contribution in [2.24, 2.45) is 0 Å². The zero-order valence-electron chi connectivity index (χ0n) is 12.0. The fourth-order valence-corrected chi connectivity index (χ4v) is 3.37. The molecule has 3 rings (SSSR count). The van der Waals surface area contributed by atoms with Crippen LogP contribution in [0.1, 0.15) is 45.6 Å². The first-order chi connectivity index (χ1) is 9.54. The van der Waals surface area contributed by atoms with Crippen LogP contribution < -0.4 is 5.32 Å². The lowest BCUT2D eigenvalue weighted by Crippen LogP contribution is -2.25. The highest BCUT2D eigenvalue weighted by Crippen LogP contribution is 2.33. The van der Waals surface area contributed by atoms with Crippen LogP contribution in [0.3, 0.4) is 0 Å². The molecule has 0 amide bonds. The monoisotopic (exact) mass is 290 g/mol.